The number of methoxy groups -OCH3 is 1. The van der Waals surface area contributed by atoms with E-state index in [4.69, 9.17) is 0 Å². The number of hydrogen-bond donors (Lipinski definition) is 1. The highest BCUT2D eigenvalue weighted by atomic mass is 16.5. The van der Waals surface area contributed by atoms with Crippen molar-refractivity contribution in [1.29, 1.82) is 0 Å². The van der Waals surface area contributed by atoms with E-state index in [1.54, 1.807) is 6.20 Å². The molecule has 0 saturated carbocycles. The third-order valence-electron chi connectivity index (χ3n) is 2.92. The Morgan fingerprint density at radius 2 is 2.05 bits per heavy atom. The standard InChI is InChI=1S/C15H12N4O2/c1-21-15(20)13-8-18-14(9-17-13)19-11-4-5-12-10(7-11)3-2-6-16-12/h2-9H,1H3,(H,18,19). The van der Waals surface area contributed by atoms with Crippen molar-refractivity contribution in [2.24, 2.45) is 0 Å². The molecule has 104 valence electrons. The zero-order valence-electron chi connectivity index (χ0n) is 11.3. The molecule has 0 radical (unpaired) electrons. The molecule has 0 fully saturated rings. The summed E-state index contributed by atoms with van der Waals surface area (Å²) in [6.45, 7) is 0. The van der Waals surface area contributed by atoms with Crippen molar-refractivity contribution in [1.82, 2.24) is 15.0 Å². The summed E-state index contributed by atoms with van der Waals surface area (Å²) in [5.74, 6) is 0.0386. The van der Waals surface area contributed by atoms with E-state index in [1.165, 1.54) is 19.5 Å². The Bertz CT molecular complexity index is 787. The number of aromatic nitrogens is 3. The van der Waals surface area contributed by atoms with E-state index in [9.17, 15) is 4.79 Å². The largest absolute Gasteiger partial charge is 0.464 e. The van der Waals surface area contributed by atoms with Crippen LogP contribution in [0.5, 0.6) is 0 Å². The minimum absolute atomic E-state index is 0.172. The molecular formula is C15H12N4O2. The van der Waals surface area contributed by atoms with Crippen molar-refractivity contribution < 1.29 is 9.53 Å². The first-order chi connectivity index (χ1) is 10.3. The number of pyridine rings is 1. The number of nitrogens with zero attached hydrogens (tertiary/aromatic N) is 3. The molecule has 0 unspecified atom stereocenters. The van der Waals surface area contributed by atoms with E-state index < -0.39 is 5.97 Å². The van der Waals surface area contributed by atoms with Gasteiger partial charge >= 0.3 is 5.97 Å². The average Bonchev–Trinajstić information content (AvgIpc) is 2.55. The van der Waals surface area contributed by atoms with Gasteiger partial charge in [-0.2, -0.15) is 0 Å². The van der Waals surface area contributed by atoms with Crippen LogP contribution in [0.4, 0.5) is 11.5 Å². The van der Waals surface area contributed by atoms with Gasteiger partial charge in [0.05, 0.1) is 25.0 Å². The number of carbonyl (C=O) groups excluding carboxylic acids is 1. The van der Waals surface area contributed by atoms with Gasteiger partial charge in [-0.25, -0.2) is 14.8 Å². The lowest BCUT2D eigenvalue weighted by molar-refractivity contribution is 0.0593. The van der Waals surface area contributed by atoms with Gasteiger partial charge in [-0.15, -0.1) is 0 Å². The Balaban J connectivity index is 1.83. The summed E-state index contributed by atoms with van der Waals surface area (Å²) < 4.78 is 4.57. The summed E-state index contributed by atoms with van der Waals surface area (Å²) >= 11 is 0. The van der Waals surface area contributed by atoms with Gasteiger partial charge in [0.2, 0.25) is 0 Å². The molecule has 3 aromatic rings. The first-order valence-electron chi connectivity index (χ1n) is 6.28. The highest BCUT2D eigenvalue weighted by Crippen LogP contribution is 2.19. The fourth-order valence-corrected chi connectivity index (χ4v) is 1.90. The first kappa shape index (κ1) is 13.0. The fourth-order valence-electron chi connectivity index (χ4n) is 1.90. The number of rotatable bonds is 3. The van der Waals surface area contributed by atoms with Crippen molar-refractivity contribution in [3.8, 4) is 0 Å². The predicted molar refractivity (Wildman–Crippen MR) is 78.4 cm³/mol. The smallest absolute Gasteiger partial charge is 0.358 e. The Hall–Kier alpha value is -3.02. The summed E-state index contributed by atoms with van der Waals surface area (Å²) in [7, 11) is 1.30. The minimum Gasteiger partial charge on any atom is -0.464 e. The molecular weight excluding hydrogens is 268 g/mol. The molecule has 0 bridgehead atoms. The molecule has 0 aliphatic carbocycles. The minimum atomic E-state index is -0.508. The summed E-state index contributed by atoms with van der Waals surface area (Å²) in [6.07, 6.45) is 4.61. The summed E-state index contributed by atoms with van der Waals surface area (Å²) in [4.78, 5) is 23.7. The first-order valence-corrected chi connectivity index (χ1v) is 6.28. The number of carbonyl (C=O) groups is 1. The molecule has 1 N–H and O–H groups in total. The second-order valence-corrected chi connectivity index (χ2v) is 4.31. The number of fused-ring (bicyclic) bond motifs is 1. The van der Waals surface area contributed by atoms with Crippen LogP contribution < -0.4 is 5.32 Å². The van der Waals surface area contributed by atoms with Crippen molar-refractivity contribution in [3.05, 3.63) is 54.6 Å². The van der Waals surface area contributed by atoms with Crippen LogP contribution in [0.2, 0.25) is 0 Å². The Morgan fingerprint density at radius 1 is 1.14 bits per heavy atom. The molecule has 6 heteroatoms. The number of hydrogen-bond acceptors (Lipinski definition) is 6. The number of nitrogens with one attached hydrogen (secondary N) is 1. The fraction of sp³-hybridized carbons (Fsp3) is 0.0667. The highest BCUT2D eigenvalue weighted by molar-refractivity contribution is 5.87. The number of anilines is 2. The van der Waals surface area contributed by atoms with E-state index in [0.29, 0.717) is 5.82 Å². The molecule has 21 heavy (non-hydrogen) atoms. The van der Waals surface area contributed by atoms with Crippen molar-refractivity contribution in [3.63, 3.8) is 0 Å². The summed E-state index contributed by atoms with van der Waals surface area (Å²) in [6, 6.07) is 9.67. The van der Waals surface area contributed by atoms with E-state index in [-0.39, 0.29) is 5.69 Å². The Kier molecular flexibility index (Phi) is 3.42. The van der Waals surface area contributed by atoms with E-state index in [1.807, 2.05) is 30.3 Å². The molecule has 6 nitrogen and oxygen atoms in total. The van der Waals surface area contributed by atoms with Crippen molar-refractivity contribution in [2.75, 3.05) is 12.4 Å². The molecule has 3 rings (SSSR count). The molecule has 0 spiro atoms. The average molecular weight is 280 g/mol. The van der Waals surface area contributed by atoms with Crippen LogP contribution in [0.3, 0.4) is 0 Å². The van der Waals surface area contributed by atoms with Gasteiger partial charge < -0.3 is 10.1 Å². The summed E-state index contributed by atoms with van der Waals surface area (Å²) in [5, 5.41) is 4.16. The lowest BCUT2D eigenvalue weighted by Gasteiger charge is -2.06. The second-order valence-electron chi connectivity index (χ2n) is 4.31. The second kappa shape index (κ2) is 5.54. The third-order valence-corrected chi connectivity index (χ3v) is 2.92. The lowest BCUT2D eigenvalue weighted by Crippen LogP contribution is -2.05. The monoisotopic (exact) mass is 280 g/mol. The molecule has 2 aromatic heterocycles. The molecule has 0 amide bonds. The molecule has 1 aromatic carbocycles. The topological polar surface area (TPSA) is 77.0 Å². The van der Waals surface area contributed by atoms with Gasteiger partial charge in [-0.3, -0.25) is 4.98 Å². The SMILES string of the molecule is COC(=O)c1cnc(Nc2ccc3ncccc3c2)cn1. The molecule has 0 saturated heterocycles. The van der Waals surface area contributed by atoms with Crippen molar-refractivity contribution in [2.45, 2.75) is 0 Å². The summed E-state index contributed by atoms with van der Waals surface area (Å²) in [5.41, 5.74) is 1.97. The zero-order chi connectivity index (χ0) is 14.7. The number of esters is 1. The van der Waals surface area contributed by atoms with Gasteiger partial charge in [0.25, 0.3) is 0 Å². The van der Waals surface area contributed by atoms with E-state index >= 15 is 0 Å². The molecule has 0 aliphatic rings. The van der Waals surface area contributed by atoms with Gasteiger partial charge in [-0.05, 0) is 24.3 Å². The van der Waals surface area contributed by atoms with Gasteiger partial charge in [0.15, 0.2) is 5.69 Å². The Morgan fingerprint density at radius 3 is 2.81 bits per heavy atom. The zero-order valence-corrected chi connectivity index (χ0v) is 11.3. The van der Waals surface area contributed by atoms with Crippen LogP contribution >= 0.6 is 0 Å². The van der Waals surface area contributed by atoms with Gasteiger partial charge in [-0.1, -0.05) is 6.07 Å². The normalized spacial score (nSPS) is 10.3. The maximum Gasteiger partial charge on any atom is 0.358 e. The predicted octanol–water partition coefficient (Wildman–Crippen LogP) is 2.56. The van der Waals surface area contributed by atoms with Crippen LogP contribution in [0.1, 0.15) is 10.5 Å². The molecule has 0 atom stereocenters. The van der Waals surface area contributed by atoms with Crippen LogP contribution in [-0.2, 0) is 4.74 Å². The maximum atomic E-state index is 11.3. The van der Waals surface area contributed by atoms with E-state index in [0.717, 1.165) is 16.6 Å². The van der Waals surface area contributed by atoms with Crippen LogP contribution in [0, 0.1) is 0 Å². The van der Waals surface area contributed by atoms with Crippen molar-refractivity contribution >= 4 is 28.4 Å². The maximum absolute atomic E-state index is 11.3. The van der Waals surface area contributed by atoms with Gasteiger partial charge in [0.1, 0.15) is 5.82 Å². The molecule has 2 heterocycles. The molecule has 0 aliphatic heterocycles. The lowest BCUT2D eigenvalue weighted by atomic mass is 10.2. The quantitative estimate of drug-likeness (QED) is 0.743. The van der Waals surface area contributed by atoms with E-state index in [2.05, 4.69) is 25.0 Å². The number of ether oxygens (including phenoxy) is 1. The third kappa shape index (κ3) is 2.79. The van der Waals surface area contributed by atoms with Crippen LogP contribution in [0.15, 0.2) is 48.9 Å². The van der Waals surface area contributed by atoms with Gasteiger partial charge in [0, 0.05) is 17.3 Å². The Labute approximate surface area is 120 Å². The highest BCUT2D eigenvalue weighted by Gasteiger charge is 2.07. The van der Waals surface area contributed by atoms with Crippen LogP contribution in [0.25, 0.3) is 10.9 Å². The number of benzene rings is 1. The van der Waals surface area contributed by atoms with Crippen LogP contribution in [-0.4, -0.2) is 28.0 Å².